The third kappa shape index (κ3) is 4.66. The first-order valence-corrected chi connectivity index (χ1v) is 6.30. The molecular weight excluding hydrogens is 232 g/mol. The SMILES string of the molecule is C#CCN(CC1CC1)C(=O)N[C@H](CCC)C(=O)O. The van der Waals surface area contributed by atoms with Crippen LogP contribution in [0, 0.1) is 18.3 Å². The predicted octanol–water partition coefficient (Wildman–Crippen LogP) is 1.29. The van der Waals surface area contributed by atoms with Crippen molar-refractivity contribution in [2.75, 3.05) is 13.1 Å². The van der Waals surface area contributed by atoms with Crippen LogP contribution in [0.5, 0.6) is 0 Å². The number of carbonyl (C=O) groups excluding carboxylic acids is 1. The number of nitrogens with zero attached hydrogens (tertiary/aromatic N) is 1. The number of urea groups is 1. The minimum atomic E-state index is -1.00. The van der Waals surface area contributed by atoms with Crippen LogP contribution in [0.4, 0.5) is 4.79 Å². The summed E-state index contributed by atoms with van der Waals surface area (Å²) in [6.45, 7) is 2.72. The summed E-state index contributed by atoms with van der Waals surface area (Å²) in [6, 6.07) is -1.21. The van der Waals surface area contributed by atoms with Crippen molar-refractivity contribution in [1.82, 2.24) is 10.2 Å². The molecule has 1 atom stereocenters. The Morgan fingerprint density at radius 1 is 1.56 bits per heavy atom. The van der Waals surface area contributed by atoms with Crippen molar-refractivity contribution in [2.45, 2.75) is 38.6 Å². The molecule has 2 amide bonds. The van der Waals surface area contributed by atoms with E-state index in [4.69, 9.17) is 11.5 Å². The van der Waals surface area contributed by atoms with Crippen LogP contribution < -0.4 is 5.32 Å². The molecule has 100 valence electrons. The zero-order valence-corrected chi connectivity index (χ0v) is 10.7. The number of nitrogens with one attached hydrogen (secondary N) is 1. The predicted molar refractivity (Wildman–Crippen MR) is 68.0 cm³/mol. The van der Waals surface area contributed by atoms with E-state index in [-0.39, 0.29) is 12.6 Å². The average molecular weight is 252 g/mol. The molecular formula is C13H20N2O3. The van der Waals surface area contributed by atoms with Gasteiger partial charge in [0.2, 0.25) is 0 Å². The van der Waals surface area contributed by atoms with Crippen molar-refractivity contribution >= 4 is 12.0 Å². The van der Waals surface area contributed by atoms with E-state index in [0.717, 1.165) is 12.8 Å². The van der Waals surface area contributed by atoms with Crippen molar-refractivity contribution in [1.29, 1.82) is 0 Å². The maximum absolute atomic E-state index is 11.9. The van der Waals surface area contributed by atoms with Crippen LogP contribution >= 0.6 is 0 Å². The first-order valence-electron chi connectivity index (χ1n) is 6.30. The number of carbonyl (C=O) groups is 2. The van der Waals surface area contributed by atoms with Crippen molar-refractivity contribution < 1.29 is 14.7 Å². The first kappa shape index (κ1) is 14.4. The normalized spacial score (nSPS) is 15.6. The fourth-order valence-electron chi connectivity index (χ4n) is 1.73. The van der Waals surface area contributed by atoms with E-state index >= 15 is 0 Å². The molecule has 0 aromatic carbocycles. The van der Waals surface area contributed by atoms with Gasteiger partial charge in [-0.25, -0.2) is 9.59 Å². The summed E-state index contributed by atoms with van der Waals surface area (Å²) in [6.07, 6.45) is 8.59. The maximum Gasteiger partial charge on any atom is 0.326 e. The summed E-state index contributed by atoms with van der Waals surface area (Å²) >= 11 is 0. The van der Waals surface area contributed by atoms with Crippen molar-refractivity contribution in [2.24, 2.45) is 5.92 Å². The van der Waals surface area contributed by atoms with Gasteiger partial charge in [0.1, 0.15) is 6.04 Å². The third-order valence-electron chi connectivity index (χ3n) is 2.92. The third-order valence-corrected chi connectivity index (χ3v) is 2.92. The van der Waals surface area contributed by atoms with Gasteiger partial charge in [-0.15, -0.1) is 6.42 Å². The summed E-state index contributed by atoms with van der Waals surface area (Å²) in [5.41, 5.74) is 0. The van der Waals surface area contributed by atoms with E-state index in [1.54, 1.807) is 0 Å². The van der Waals surface area contributed by atoms with Crippen molar-refractivity contribution in [3.8, 4) is 12.3 Å². The van der Waals surface area contributed by atoms with E-state index in [0.29, 0.717) is 25.3 Å². The number of hydrogen-bond donors (Lipinski definition) is 2. The van der Waals surface area contributed by atoms with E-state index in [2.05, 4.69) is 11.2 Å². The van der Waals surface area contributed by atoms with Crippen LogP contribution in [0.2, 0.25) is 0 Å². The molecule has 0 aromatic rings. The fourth-order valence-corrected chi connectivity index (χ4v) is 1.73. The van der Waals surface area contributed by atoms with Crippen molar-refractivity contribution in [3.63, 3.8) is 0 Å². The quantitative estimate of drug-likeness (QED) is 0.671. The number of carboxylic acid groups (broad SMARTS) is 1. The van der Waals surface area contributed by atoms with Crippen LogP contribution in [0.1, 0.15) is 32.6 Å². The smallest absolute Gasteiger partial charge is 0.326 e. The fraction of sp³-hybridized carbons (Fsp3) is 0.692. The summed E-state index contributed by atoms with van der Waals surface area (Å²) in [7, 11) is 0. The highest BCUT2D eigenvalue weighted by atomic mass is 16.4. The Morgan fingerprint density at radius 3 is 2.67 bits per heavy atom. The standard InChI is InChI=1S/C13H20N2O3/c1-3-5-11(12(16)17)14-13(18)15(8-4-2)9-10-6-7-10/h2,10-11H,3,5-9H2,1H3,(H,14,18)(H,16,17)/t11-/m1/s1. The van der Waals surface area contributed by atoms with E-state index < -0.39 is 12.0 Å². The van der Waals surface area contributed by atoms with Crippen molar-refractivity contribution in [3.05, 3.63) is 0 Å². The minimum absolute atomic E-state index is 0.223. The minimum Gasteiger partial charge on any atom is -0.480 e. The van der Waals surface area contributed by atoms with Gasteiger partial charge in [-0.2, -0.15) is 0 Å². The van der Waals surface area contributed by atoms with E-state index in [9.17, 15) is 9.59 Å². The van der Waals surface area contributed by atoms with E-state index in [1.807, 2.05) is 6.92 Å². The molecule has 0 heterocycles. The molecule has 0 aromatic heterocycles. The topological polar surface area (TPSA) is 69.6 Å². The van der Waals surface area contributed by atoms with Gasteiger partial charge in [0.15, 0.2) is 0 Å². The second-order valence-electron chi connectivity index (χ2n) is 4.66. The molecule has 2 N–H and O–H groups in total. The van der Waals surface area contributed by atoms with Gasteiger partial charge >= 0.3 is 12.0 Å². The molecule has 1 rings (SSSR count). The Hall–Kier alpha value is -1.70. The van der Waals surface area contributed by atoms with Crippen LogP contribution in [-0.4, -0.2) is 41.1 Å². The Morgan fingerprint density at radius 2 is 2.22 bits per heavy atom. The molecule has 0 radical (unpaired) electrons. The van der Waals surface area contributed by atoms with Crippen LogP contribution in [0.25, 0.3) is 0 Å². The van der Waals surface area contributed by atoms with Gasteiger partial charge in [-0.1, -0.05) is 19.3 Å². The Labute approximate surface area is 108 Å². The highest BCUT2D eigenvalue weighted by molar-refractivity contribution is 5.82. The van der Waals surface area contributed by atoms with Crippen LogP contribution in [0.15, 0.2) is 0 Å². The molecule has 0 unspecified atom stereocenters. The summed E-state index contributed by atoms with van der Waals surface area (Å²) < 4.78 is 0. The van der Waals surface area contributed by atoms with Gasteiger partial charge in [0.25, 0.3) is 0 Å². The highest BCUT2D eigenvalue weighted by Crippen LogP contribution is 2.29. The number of carboxylic acids is 1. The summed E-state index contributed by atoms with van der Waals surface area (Å²) in [4.78, 5) is 24.4. The maximum atomic E-state index is 11.9. The lowest BCUT2D eigenvalue weighted by Crippen LogP contribution is -2.48. The molecule has 5 nitrogen and oxygen atoms in total. The van der Waals surface area contributed by atoms with Gasteiger partial charge in [-0.05, 0) is 25.2 Å². The van der Waals surface area contributed by atoms with Gasteiger partial charge in [-0.3, -0.25) is 0 Å². The number of hydrogen-bond acceptors (Lipinski definition) is 2. The molecule has 5 heteroatoms. The molecule has 18 heavy (non-hydrogen) atoms. The van der Waals surface area contributed by atoms with Gasteiger partial charge in [0, 0.05) is 6.54 Å². The number of aliphatic carboxylic acids is 1. The lowest BCUT2D eigenvalue weighted by Gasteiger charge is -2.23. The number of terminal acetylenes is 1. The van der Waals surface area contributed by atoms with E-state index in [1.165, 1.54) is 4.90 Å². The summed E-state index contributed by atoms with van der Waals surface area (Å²) in [5, 5.41) is 11.5. The largest absolute Gasteiger partial charge is 0.480 e. The lowest BCUT2D eigenvalue weighted by molar-refractivity contribution is -0.139. The second-order valence-corrected chi connectivity index (χ2v) is 4.66. The number of rotatable bonds is 7. The Bertz CT molecular complexity index is 345. The molecule has 1 saturated carbocycles. The molecule has 0 aliphatic heterocycles. The van der Waals surface area contributed by atoms with Gasteiger partial charge < -0.3 is 15.3 Å². The monoisotopic (exact) mass is 252 g/mol. The molecule has 1 fully saturated rings. The molecule has 1 aliphatic carbocycles. The summed E-state index contributed by atoms with van der Waals surface area (Å²) in [5.74, 6) is 1.96. The Balaban J connectivity index is 2.52. The van der Waals surface area contributed by atoms with Crippen LogP contribution in [0.3, 0.4) is 0 Å². The van der Waals surface area contributed by atoms with Gasteiger partial charge in [0.05, 0.1) is 6.54 Å². The second kappa shape index (κ2) is 6.90. The van der Waals surface area contributed by atoms with Crippen LogP contribution in [-0.2, 0) is 4.79 Å². The molecule has 0 bridgehead atoms. The zero-order valence-electron chi connectivity index (χ0n) is 10.7. The number of amides is 2. The Kier molecular flexibility index (Phi) is 5.50. The lowest BCUT2D eigenvalue weighted by atomic mass is 10.2. The average Bonchev–Trinajstić information content (AvgIpc) is 3.11. The zero-order chi connectivity index (χ0) is 13.5. The highest BCUT2D eigenvalue weighted by Gasteiger charge is 2.28. The molecule has 0 saturated heterocycles. The molecule has 0 spiro atoms. The first-order chi connectivity index (χ1) is 8.58. The molecule has 1 aliphatic rings.